The largest absolute Gasteiger partial charge is 0.352 e. The Hall–Kier alpha value is -1.46. The van der Waals surface area contributed by atoms with Crippen LogP contribution in [0.5, 0.6) is 0 Å². The Labute approximate surface area is 151 Å². The number of halogens is 1. The molecule has 1 amide bonds. The summed E-state index contributed by atoms with van der Waals surface area (Å²) < 4.78 is 0. The van der Waals surface area contributed by atoms with Crippen LogP contribution in [0.15, 0.2) is 35.6 Å². The molecule has 1 fully saturated rings. The molecule has 128 valence electrons. The Balaban J connectivity index is 1.51. The van der Waals surface area contributed by atoms with E-state index in [9.17, 15) is 4.79 Å². The molecular formula is C18H22ClN3OS. The third-order valence-electron chi connectivity index (χ3n) is 4.51. The molecule has 4 nitrogen and oxygen atoms in total. The molecule has 24 heavy (non-hydrogen) atoms. The van der Waals surface area contributed by atoms with Crippen molar-refractivity contribution in [3.8, 4) is 11.3 Å². The number of nitrogens with one attached hydrogen (secondary N) is 2. The number of thioether (sulfide) groups is 1. The Bertz CT molecular complexity index is 686. The first-order valence-electron chi connectivity index (χ1n) is 8.35. The van der Waals surface area contributed by atoms with Crippen molar-refractivity contribution in [2.45, 2.75) is 43.8 Å². The molecule has 0 unspecified atom stereocenters. The molecule has 2 N–H and O–H groups in total. The maximum absolute atomic E-state index is 12.2. The van der Waals surface area contributed by atoms with Crippen molar-refractivity contribution >= 4 is 29.3 Å². The second kappa shape index (κ2) is 8.08. The number of carbonyl (C=O) groups excluding carboxylic acids is 1. The topological polar surface area (TPSA) is 57.8 Å². The van der Waals surface area contributed by atoms with Crippen LogP contribution in [0.2, 0.25) is 5.02 Å². The fourth-order valence-corrected chi connectivity index (χ4v) is 3.85. The average Bonchev–Trinajstić information content (AvgIpc) is 3.05. The van der Waals surface area contributed by atoms with E-state index in [1.807, 2.05) is 24.3 Å². The average molecular weight is 364 g/mol. The van der Waals surface area contributed by atoms with Crippen molar-refractivity contribution in [3.63, 3.8) is 0 Å². The number of benzene rings is 1. The van der Waals surface area contributed by atoms with E-state index in [0.717, 1.165) is 22.8 Å². The Morgan fingerprint density at radius 1 is 1.33 bits per heavy atom. The van der Waals surface area contributed by atoms with Crippen LogP contribution in [0.1, 0.15) is 32.6 Å². The van der Waals surface area contributed by atoms with E-state index in [1.165, 1.54) is 31.0 Å². The minimum Gasteiger partial charge on any atom is -0.352 e. The van der Waals surface area contributed by atoms with Crippen LogP contribution in [-0.2, 0) is 4.79 Å². The quantitative estimate of drug-likeness (QED) is 0.768. The van der Waals surface area contributed by atoms with Crippen LogP contribution in [-0.4, -0.2) is 27.7 Å². The minimum atomic E-state index is 0.0863. The van der Waals surface area contributed by atoms with Gasteiger partial charge in [-0.05, 0) is 36.5 Å². The zero-order valence-corrected chi connectivity index (χ0v) is 15.3. The monoisotopic (exact) mass is 363 g/mol. The predicted octanol–water partition coefficient (Wildman–Crippen LogP) is 4.52. The van der Waals surface area contributed by atoms with E-state index in [2.05, 4.69) is 22.2 Å². The van der Waals surface area contributed by atoms with Gasteiger partial charge in [-0.25, -0.2) is 4.98 Å². The summed E-state index contributed by atoms with van der Waals surface area (Å²) >= 11 is 7.34. The van der Waals surface area contributed by atoms with Crippen molar-refractivity contribution in [2.75, 3.05) is 5.75 Å². The molecular weight excluding hydrogens is 342 g/mol. The summed E-state index contributed by atoms with van der Waals surface area (Å²) in [6.45, 7) is 2.22. The second-order valence-corrected chi connectivity index (χ2v) is 7.73. The lowest BCUT2D eigenvalue weighted by Gasteiger charge is -2.29. The maximum atomic E-state index is 12.2. The summed E-state index contributed by atoms with van der Waals surface area (Å²) in [5, 5.41) is 4.63. The first kappa shape index (κ1) is 17.4. The lowest BCUT2D eigenvalue weighted by atomic mass is 9.86. The number of amides is 1. The first-order valence-corrected chi connectivity index (χ1v) is 9.71. The van der Waals surface area contributed by atoms with Gasteiger partial charge < -0.3 is 10.3 Å². The van der Waals surface area contributed by atoms with Gasteiger partial charge >= 0.3 is 0 Å². The SMILES string of the molecule is C[C@@H]1CCCC[C@H]1NC(=O)CSc1ncc(-c2ccc(Cl)cc2)[nH]1. The Kier molecular flexibility index (Phi) is 5.85. The molecule has 1 heterocycles. The fourth-order valence-electron chi connectivity index (χ4n) is 3.07. The standard InChI is InChI=1S/C18H22ClN3OS/c1-12-4-2-3-5-15(12)21-17(23)11-24-18-20-10-16(22-18)13-6-8-14(19)9-7-13/h6-10,12,15H,2-5,11H2,1H3,(H,20,22)(H,21,23)/t12-,15-/m1/s1. The van der Waals surface area contributed by atoms with E-state index >= 15 is 0 Å². The highest BCUT2D eigenvalue weighted by atomic mass is 35.5. The molecule has 1 aromatic carbocycles. The molecule has 1 aliphatic rings. The number of imidazole rings is 1. The van der Waals surface area contributed by atoms with Gasteiger partial charge in [-0.15, -0.1) is 0 Å². The number of hydrogen-bond donors (Lipinski definition) is 2. The second-order valence-electron chi connectivity index (χ2n) is 6.33. The van der Waals surface area contributed by atoms with Gasteiger partial charge in [0.05, 0.1) is 17.6 Å². The van der Waals surface area contributed by atoms with E-state index in [-0.39, 0.29) is 5.91 Å². The molecule has 6 heteroatoms. The normalized spacial score (nSPS) is 20.8. The zero-order valence-electron chi connectivity index (χ0n) is 13.7. The predicted molar refractivity (Wildman–Crippen MR) is 99.3 cm³/mol. The summed E-state index contributed by atoms with van der Waals surface area (Å²) in [5.41, 5.74) is 1.95. The highest BCUT2D eigenvalue weighted by molar-refractivity contribution is 7.99. The van der Waals surface area contributed by atoms with Gasteiger partial charge in [0.15, 0.2) is 5.16 Å². The van der Waals surface area contributed by atoms with Gasteiger partial charge in [0.1, 0.15) is 0 Å². The summed E-state index contributed by atoms with van der Waals surface area (Å²) in [7, 11) is 0. The van der Waals surface area contributed by atoms with Crippen molar-refractivity contribution < 1.29 is 4.79 Å². The molecule has 0 aliphatic heterocycles. The van der Waals surface area contributed by atoms with E-state index < -0.39 is 0 Å². The minimum absolute atomic E-state index is 0.0863. The molecule has 3 rings (SSSR count). The van der Waals surface area contributed by atoms with Gasteiger partial charge in [0.25, 0.3) is 0 Å². The van der Waals surface area contributed by atoms with E-state index in [0.29, 0.717) is 22.7 Å². The van der Waals surface area contributed by atoms with Gasteiger partial charge in [0.2, 0.25) is 5.91 Å². The molecule has 1 aliphatic carbocycles. The van der Waals surface area contributed by atoms with Crippen LogP contribution >= 0.6 is 23.4 Å². The highest BCUT2D eigenvalue weighted by Crippen LogP contribution is 2.25. The molecule has 2 aromatic rings. The molecule has 2 atom stereocenters. The number of nitrogens with zero attached hydrogens (tertiary/aromatic N) is 1. The summed E-state index contributed by atoms with van der Waals surface area (Å²) in [6, 6.07) is 7.92. The molecule has 0 bridgehead atoms. The van der Waals surface area contributed by atoms with Crippen LogP contribution in [0.25, 0.3) is 11.3 Å². The van der Waals surface area contributed by atoms with Gasteiger partial charge in [-0.3, -0.25) is 4.79 Å². The highest BCUT2D eigenvalue weighted by Gasteiger charge is 2.22. The molecule has 0 spiro atoms. The number of hydrogen-bond acceptors (Lipinski definition) is 3. The number of rotatable bonds is 5. The molecule has 1 aromatic heterocycles. The Morgan fingerprint density at radius 3 is 2.83 bits per heavy atom. The molecule has 1 saturated carbocycles. The van der Waals surface area contributed by atoms with Gasteiger partial charge in [-0.2, -0.15) is 0 Å². The number of aromatic nitrogens is 2. The number of aromatic amines is 1. The molecule has 0 saturated heterocycles. The molecule has 0 radical (unpaired) electrons. The van der Waals surface area contributed by atoms with Crippen molar-refractivity contribution in [1.29, 1.82) is 0 Å². The van der Waals surface area contributed by atoms with Crippen LogP contribution in [0.3, 0.4) is 0 Å². The lowest BCUT2D eigenvalue weighted by Crippen LogP contribution is -2.41. The third kappa shape index (κ3) is 4.54. The van der Waals surface area contributed by atoms with Crippen molar-refractivity contribution in [3.05, 3.63) is 35.5 Å². The van der Waals surface area contributed by atoms with Gasteiger partial charge in [-0.1, -0.05) is 55.3 Å². The zero-order chi connectivity index (χ0) is 16.9. The Morgan fingerprint density at radius 2 is 2.08 bits per heavy atom. The fraction of sp³-hybridized carbons (Fsp3) is 0.444. The lowest BCUT2D eigenvalue weighted by molar-refractivity contribution is -0.119. The van der Waals surface area contributed by atoms with E-state index in [4.69, 9.17) is 11.6 Å². The summed E-state index contributed by atoms with van der Waals surface area (Å²) in [4.78, 5) is 19.7. The maximum Gasteiger partial charge on any atom is 0.230 e. The van der Waals surface area contributed by atoms with Crippen LogP contribution < -0.4 is 5.32 Å². The van der Waals surface area contributed by atoms with Crippen LogP contribution in [0, 0.1) is 5.92 Å². The third-order valence-corrected chi connectivity index (χ3v) is 5.64. The van der Waals surface area contributed by atoms with Crippen LogP contribution in [0.4, 0.5) is 0 Å². The number of carbonyl (C=O) groups is 1. The van der Waals surface area contributed by atoms with Crippen molar-refractivity contribution in [1.82, 2.24) is 15.3 Å². The van der Waals surface area contributed by atoms with Crippen molar-refractivity contribution in [2.24, 2.45) is 5.92 Å². The van der Waals surface area contributed by atoms with Gasteiger partial charge in [0, 0.05) is 11.1 Å². The summed E-state index contributed by atoms with van der Waals surface area (Å²) in [6.07, 6.45) is 6.58. The number of H-pyrrole nitrogens is 1. The smallest absolute Gasteiger partial charge is 0.230 e. The summed E-state index contributed by atoms with van der Waals surface area (Å²) in [5.74, 6) is 1.05. The first-order chi connectivity index (χ1) is 11.6. The van der Waals surface area contributed by atoms with E-state index in [1.54, 1.807) is 6.20 Å².